The summed E-state index contributed by atoms with van der Waals surface area (Å²) >= 11 is 3.56. The molecule has 86 valence electrons. The Morgan fingerprint density at radius 3 is 2.69 bits per heavy atom. The monoisotopic (exact) mass is 251 g/mol. The van der Waals surface area contributed by atoms with Crippen LogP contribution in [0, 0.1) is 6.92 Å². The van der Waals surface area contributed by atoms with Crippen molar-refractivity contribution in [2.24, 2.45) is 0 Å². The molecule has 0 saturated heterocycles. The molecule has 2 rings (SSSR count). The van der Waals surface area contributed by atoms with Gasteiger partial charge in [0.15, 0.2) is 0 Å². The zero-order valence-corrected chi connectivity index (χ0v) is 11.3. The second-order valence-electron chi connectivity index (χ2n) is 3.95. The average Bonchev–Trinajstić information content (AvgIpc) is 2.91. The van der Waals surface area contributed by atoms with Crippen LogP contribution < -0.4 is 5.32 Å². The van der Waals surface area contributed by atoms with E-state index in [4.69, 9.17) is 0 Å². The summed E-state index contributed by atoms with van der Waals surface area (Å²) in [4.78, 5) is 0. The molecular weight excluding hydrogens is 234 g/mol. The van der Waals surface area contributed by atoms with Gasteiger partial charge in [-0.05, 0) is 64.2 Å². The molecule has 2 aromatic rings. The van der Waals surface area contributed by atoms with Gasteiger partial charge in [-0.1, -0.05) is 6.92 Å². The van der Waals surface area contributed by atoms with Gasteiger partial charge >= 0.3 is 0 Å². The van der Waals surface area contributed by atoms with E-state index in [9.17, 15) is 0 Å². The number of rotatable bonds is 5. The number of hydrogen-bond acceptors (Lipinski definition) is 3. The fourth-order valence-corrected chi connectivity index (χ4v) is 3.36. The zero-order valence-electron chi connectivity index (χ0n) is 9.69. The molecule has 2 heterocycles. The standard InChI is InChI=1S/C13H17NS2/c1-3-5-14-13(11-4-6-15-8-11)12-9-16-7-10(12)2/h4,6-9,13-14H,3,5H2,1-2H3. The summed E-state index contributed by atoms with van der Waals surface area (Å²) in [5.74, 6) is 0. The molecule has 0 amide bonds. The third-order valence-corrected chi connectivity index (χ3v) is 4.26. The summed E-state index contributed by atoms with van der Waals surface area (Å²) in [7, 11) is 0. The summed E-state index contributed by atoms with van der Waals surface area (Å²) in [5.41, 5.74) is 4.21. The van der Waals surface area contributed by atoms with Crippen LogP contribution in [0.5, 0.6) is 0 Å². The van der Waals surface area contributed by atoms with Crippen LogP contribution in [0.2, 0.25) is 0 Å². The number of nitrogens with one attached hydrogen (secondary N) is 1. The van der Waals surface area contributed by atoms with Gasteiger partial charge in [-0.3, -0.25) is 0 Å². The van der Waals surface area contributed by atoms with Crippen LogP contribution in [0.15, 0.2) is 27.6 Å². The van der Waals surface area contributed by atoms with Crippen molar-refractivity contribution >= 4 is 22.7 Å². The molecule has 1 nitrogen and oxygen atoms in total. The lowest BCUT2D eigenvalue weighted by Crippen LogP contribution is -2.22. The molecule has 1 N–H and O–H groups in total. The molecule has 0 fully saturated rings. The van der Waals surface area contributed by atoms with Gasteiger partial charge in [0.2, 0.25) is 0 Å². The van der Waals surface area contributed by atoms with E-state index >= 15 is 0 Å². The lowest BCUT2D eigenvalue weighted by atomic mass is 10.0. The second-order valence-corrected chi connectivity index (χ2v) is 5.48. The summed E-state index contributed by atoms with van der Waals surface area (Å²) in [5, 5.41) is 12.5. The van der Waals surface area contributed by atoms with Crippen molar-refractivity contribution < 1.29 is 0 Å². The van der Waals surface area contributed by atoms with Crippen LogP contribution in [0.4, 0.5) is 0 Å². The number of hydrogen-bond donors (Lipinski definition) is 1. The van der Waals surface area contributed by atoms with E-state index in [0.717, 1.165) is 6.54 Å². The predicted octanol–water partition coefficient (Wildman–Crippen LogP) is 4.21. The van der Waals surface area contributed by atoms with E-state index in [1.807, 2.05) is 0 Å². The van der Waals surface area contributed by atoms with E-state index in [0.29, 0.717) is 6.04 Å². The Labute approximate surface area is 105 Å². The first-order valence-corrected chi connectivity index (χ1v) is 7.49. The first-order valence-electron chi connectivity index (χ1n) is 5.61. The minimum absolute atomic E-state index is 0.373. The van der Waals surface area contributed by atoms with Crippen LogP contribution in [-0.2, 0) is 0 Å². The third-order valence-electron chi connectivity index (χ3n) is 2.68. The Kier molecular flexibility index (Phi) is 4.16. The van der Waals surface area contributed by atoms with Crippen molar-refractivity contribution in [3.05, 3.63) is 44.3 Å². The summed E-state index contributed by atoms with van der Waals surface area (Å²) in [6.07, 6.45) is 1.17. The first kappa shape index (κ1) is 11.8. The summed E-state index contributed by atoms with van der Waals surface area (Å²) in [6.45, 7) is 5.47. The summed E-state index contributed by atoms with van der Waals surface area (Å²) < 4.78 is 0. The molecule has 1 atom stereocenters. The van der Waals surface area contributed by atoms with Gasteiger partial charge in [-0.25, -0.2) is 0 Å². The number of thiophene rings is 2. The van der Waals surface area contributed by atoms with E-state index in [1.54, 1.807) is 22.7 Å². The Morgan fingerprint density at radius 1 is 1.25 bits per heavy atom. The highest BCUT2D eigenvalue weighted by molar-refractivity contribution is 7.08. The zero-order chi connectivity index (χ0) is 11.4. The largest absolute Gasteiger partial charge is 0.306 e. The topological polar surface area (TPSA) is 12.0 Å². The molecule has 0 aliphatic carbocycles. The molecule has 1 unspecified atom stereocenters. The lowest BCUT2D eigenvalue weighted by Gasteiger charge is -2.17. The molecule has 0 aliphatic heterocycles. The maximum absolute atomic E-state index is 3.63. The molecule has 16 heavy (non-hydrogen) atoms. The van der Waals surface area contributed by atoms with Crippen molar-refractivity contribution in [3.63, 3.8) is 0 Å². The average molecular weight is 251 g/mol. The van der Waals surface area contributed by atoms with Gasteiger partial charge in [0.1, 0.15) is 0 Å². The highest BCUT2D eigenvalue weighted by Crippen LogP contribution is 2.28. The van der Waals surface area contributed by atoms with Gasteiger partial charge in [0.05, 0.1) is 6.04 Å². The smallest absolute Gasteiger partial charge is 0.0595 e. The Balaban J connectivity index is 2.25. The molecule has 0 aromatic carbocycles. The minimum atomic E-state index is 0.373. The van der Waals surface area contributed by atoms with Gasteiger partial charge in [-0.2, -0.15) is 22.7 Å². The van der Waals surface area contributed by atoms with Gasteiger partial charge in [-0.15, -0.1) is 0 Å². The predicted molar refractivity (Wildman–Crippen MR) is 73.5 cm³/mol. The first-order chi connectivity index (χ1) is 7.83. The van der Waals surface area contributed by atoms with E-state index in [1.165, 1.54) is 23.1 Å². The SMILES string of the molecule is CCCNC(c1ccsc1)c1cscc1C. The highest BCUT2D eigenvalue weighted by atomic mass is 32.1. The van der Waals surface area contributed by atoms with Crippen LogP contribution in [0.1, 0.15) is 36.1 Å². The quantitative estimate of drug-likeness (QED) is 0.839. The van der Waals surface area contributed by atoms with E-state index in [2.05, 4.69) is 46.8 Å². The van der Waals surface area contributed by atoms with Crippen molar-refractivity contribution in [2.75, 3.05) is 6.54 Å². The van der Waals surface area contributed by atoms with Gasteiger partial charge in [0.25, 0.3) is 0 Å². The third kappa shape index (κ3) is 2.54. The molecular formula is C13H17NS2. The Hall–Kier alpha value is -0.640. The molecule has 0 spiro atoms. The molecule has 2 aromatic heterocycles. The van der Waals surface area contributed by atoms with Crippen LogP contribution in [-0.4, -0.2) is 6.54 Å². The lowest BCUT2D eigenvalue weighted by molar-refractivity contribution is 0.599. The Morgan fingerprint density at radius 2 is 2.12 bits per heavy atom. The molecule has 0 aliphatic rings. The molecule has 0 bridgehead atoms. The Bertz CT molecular complexity index is 417. The van der Waals surface area contributed by atoms with Crippen molar-refractivity contribution in [1.29, 1.82) is 0 Å². The highest BCUT2D eigenvalue weighted by Gasteiger charge is 2.16. The van der Waals surface area contributed by atoms with E-state index < -0.39 is 0 Å². The van der Waals surface area contributed by atoms with Crippen LogP contribution in [0.25, 0.3) is 0 Å². The van der Waals surface area contributed by atoms with Crippen LogP contribution in [0.3, 0.4) is 0 Å². The van der Waals surface area contributed by atoms with E-state index in [-0.39, 0.29) is 0 Å². The van der Waals surface area contributed by atoms with Gasteiger partial charge in [0, 0.05) is 0 Å². The van der Waals surface area contributed by atoms with Crippen molar-refractivity contribution in [2.45, 2.75) is 26.3 Å². The normalized spacial score (nSPS) is 12.9. The van der Waals surface area contributed by atoms with Crippen LogP contribution >= 0.6 is 22.7 Å². The fraction of sp³-hybridized carbons (Fsp3) is 0.385. The van der Waals surface area contributed by atoms with Crippen molar-refractivity contribution in [3.8, 4) is 0 Å². The van der Waals surface area contributed by atoms with Gasteiger partial charge < -0.3 is 5.32 Å². The molecule has 0 saturated carbocycles. The summed E-state index contributed by atoms with van der Waals surface area (Å²) in [6, 6.07) is 2.59. The second kappa shape index (κ2) is 5.62. The minimum Gasteiger partial charge on any atom is -0.306 e. The number of aryl methyl sites for hydroxylation is 1. The fourth-order valence-electron chi connectivity index (χ4n) is 1.80. The molecule has 3 heteroatoms. The maximum atomic E-state index is 3.63. The maximum Gasteiger partial charge on any atom is 0.0595 e. The van der Waals surface area contributed by atoms with Crippen molar-refractivity contribution in [1.82, 2.24) is 5.32 Å². The molecule has 0 radical (unpaired) electrons.